The van der Waals surface area contributed by atoms with E-state index in [4.69, 9.17) is 11.6 Å². The second-order valence-electron chi connectivity index (χ2n) is 6.66. The van der Waals surface area contributed by atoms with Gasteiger partial charge in [0.1, 0.15) is 11.4 Å². The average molecular weight is 424 g/mol. The molecule has 0 atom stereocenters. The Morgan fingerprint density at radius 2 is 1.83 bits per heavy atom. The number of amides is 1. The quantitative estimate of drug-likeness (QED) is 0.368. The van der Waals surface area contributed by atoms with Crippen LogP contribution in [0.5, 0.6) is 0 Å². The van der Waals surface area contributed by atoms with Crippen molar-refractivity contribution in [2.45, 2.75) is 18.9 Å². The molecule has 2 aromatic carbocycles. The first-order valence-corrected chi connectivity index (χ1v) is 10.3. The predicted octanol–water partition coefficient (Wildman–Crippen LogP) is 4.82. The Morgan fingerprint density at radius 1 is 1.10 bits per heavy atom. The summed E-state index contributed by atoms with van der Waals surface area (Å²) >= 11 is 7.33. The van der Waals surface area contributed by atoms with Gasteiger partial charge in [-0.1, -0.05) is 29.4 Å². The van der Waals surface area contributed by atoms with Gasteiger partial charge in [0.15, 0.2) is 5.65 Å². The Hall–Kier alpha value is -2.90. The lowest BCUT2D eigenvalue weighted by Crippen LogP contribution is -2.14. The number of fused-ring (bicyclic) bond motifs is 1. The van der Waals surface area contributed by atoms with Gasteiger partial charge in [0, 0.05) is 10.7 Å². The summed E-state index contributed by atoms with van der Waals surface area (Å²) in [4.78, 5) is 21.1. The highest BCUT2D eigenvalue weighted by atomic mass is 35.5. The molecule has 1 amide bonds. The SMILES string of the molecule is Cc1cc(C)cc(NC(=O)CSc2ncnc3c2cnn3-c2ccc(Cl)cc2)c1. The number of carbonyl (C=O) groups is 1. The van der Waals surface area contributed by atoms with E-state index in [1.165, 1.54) is 18.1 Å². The number of rotatable bonds is 5. The molecule has 1 N–H and O–H groups in total. The second kappa shape index (κ2) is 8.23. The van der Waals surface area contributed by atoms with Crippen molar-refractivity contribution >= 4 is 46.0 Å². The summed E-state index contributed by atoms with van der Waals surface area (Å²) in [5.74, 6) is 0.155. The summed E-state index contributed by atoms with van der Waals surface area (Å²) < 4.78 is 1.73. The average Bonchev–Trinajstić information content (AvgIpc) is 3.11. The maximum atomic E-state index is 12.4. The van der Waals surface area contributed by atoms with E-state index < -0.39 is 0 Å². The highest BCUT2D eigenvalue weighted by Crippen LogP contribution is 2.26. The molecule has 6 nitrogen and oxygen atoms in total. The number of hydrogen-bond donors (Lipinski definition) is 1. The fourth-order valence-corrected chi connectivity index (χ4v) is 3.97. The molecule has 0 aliphatic heterocycles. The number of anilines is 1. The molecule has 0 saturated carbocycles. The highest BCUT2D eigenvalue weighted by molar-refractivity contribution is 8.00. The second-order valence-corrected chi connectivity index (χ2v) is 8.06. The van der Waals surface area contributed by atoms with Crippen LogP contribution in [0, 0.1) is 13.8 Å². The van der Waals surface area contributed by atoms with Crippen LogP contribution in [0.15, 0.2) is 60.0 Å². The van der Waals surface area contributed by atoms with Gasteiger partial charge in [-0.05, 0) is 61.4 Å². The number of carbonyl (C=O) groups excluding carboxylic acids is 1. The number of nitrogens with one attached hydrogen (secondary N) is 1. The van der Waals surface area contributed by atoms with Crippen molar-refractivity contribution in [1.29, 1.82) is 0 Å². The number of benzene rings is 2. The molecule has 0 spiro atoms. The van der Waals surface area contributed by atoms with Crippen LogP contribution in [0.3, 0.4) is 0 Å². The summed E-state index contributed by atoms with van der Waals surface area (Å²) in [5, 5.41) is 9.54. The Balaban J connectivity index is 1.51. The molecule has 0 bridgehead atoms. The Kier molecular flexibility index (Phi) is 5.51. The molecule has 0 aliphatic carbocycles. The van der Waals surface area contributed by atoms with Crippen LogP contribution >= 0.6 is 23.4 Å². The Labute approximate surface area is 177 Å². The van der Waals surface area contributed by atoms with E-state index in [1.807, 2.05) is 38.1 Å². The van der Waals surface area contributed by atoms with Crippen molar-refractivity contribution in [1.82, 2.24) is 19.7 Å². The van der Waals surface area contributed by atoms with Gasteiger partial charge in [-0.2, -0.15) is 5.10 Å². The minimum Gasteiger partial charge on any atom is -0.325 e. The summed E-state index contributed by atoms with van der Waals surface area (Å²) in [6.45, 7) is 4.01. The number of halogens is 1. The molecule has 0 saturated heterocycles. The van der Waals surface area contributed by atoms with Crippen molar-refractivity contribution in [2.75, 3.05) is 11.1 Å². The first kappa shape index (κ1) is 19.4. The highest BCUT2D eigenvalue weighted by Gasteiger charge is 2.13. The third-order valence-corrected chi connectivity index (χ3v) is 5.50. The fraction of sp³-hybridized carbons (Fsp3) is 0.143. The molecule has 29 heavy (non-hydrogen) atoms. The predicted molar refractivity (Wildman–Crippen MR) is 117 cm³/mol. The molecule has 2 aromatic heterocycles. The first-order chi connectivity index (χ1) is 14.0. The fourth-order valence-electron chi connectivity index (χ4n) is 3.09. The van der Waals surface area contributed by atoms with Crippen molar-refractivity contribution in [2.24, 2.45) is 0 Å². The van der Waals surface area contributed by atoms with E-state index in [1.54, 1.807) is 23.0 Å². The molecule has 8 heteroatoms. The zero-order chi connectivity index (χ0) is 20.4. The van der Waals surface area contributed by atoms with E-state index in [-0.39, 0.29) is 11.7 Å². The standard InChI is InChI=1S/C21H18ClN5OS/c1-13-7-14(2)9-16(8-13)26-19(28)11-29-21-18-10-25-27(20(18)23-12-24-21)17-5-3-15(22)4-6-17/h3-10,12H,11H2,1-2H3,(H,26,28). The van der Waals surface area contributed by atoms with E-state index in [0.717, 1.165) is 27.9 Å². The van der Waals surface area contributed by atoms with Gasteiger partial charge in [-0.15, -0.1) is 0 Å². The third-order valence-electron chi connectivity index (χ3n) is 4.25. The lowest BCUT2D eigenvalue weighted by Gasteiger charge is -2.08. The van der Waals surface area contributed by atoms with E-state index >= 15 is 0 Å². The van der Waals surface area contributed by atoms with Crippen molar-refractivity contribution < 1.29 is 4.79 Å². The van der Waals surface area contributed by atoms with Gasteiger partial charge in [-0.3, -0.25) is 4.79 Å². The van der Waals surface area contributed by atoms with Crippen LogP contribution in [-0.4, -0.2) is 31.4 Å². The number of aryl methyl sites for hydroxylation is 2. The minimum atomic E-state index is -0.0862. The largest absolute Gasteiger partial charge is 0.325 e. The van der Waals surface area contributed by atoms with Gasteiger partial charge < -0.3 is 5.32 Å². The van der Waals surface area contributed by atoms with Gasteiger partial charge in [0.05, 0.1) is 23.0 Å². The van der Waals surface area contributed by atoms with Crippen molar-refractivity contribution in [3.63, 3.8) is 0 Å². The molecular weight excluding hydrogens is 406 g/mol. The zero-order valence-corrected chi connectivity index (χ0v) is 17.5. The van der Waals surface area contributed by atoms with E-state index in [2.05, 4.69) is 26.4 Å². The number of thioether (sulfide) groups is 1. The lowest BCUT2D eigenvalue weighted by molar-refractivity contribution is -0.113. The lowest BCUT2D eigenvalue weighted by atomic mass is 10.1. The smallest absolute Gasteiger partial charge is 0.234 e. The van der Waals surface area contributed by atoms with Gasteiger partial charge in [-0.25, -0.2) is 14.6 Å². The molecular formula is C21H18ClN5OS. The van der Waals surface area contributed by atoms with Gasteiger partial charge in [0.25, 0.3) is 0 Å². The van der Waals surface area contributed by atoms with Crippen molar-refractivity contribution in [3.05, 3.63) is 71.1 Å². The van der Waals surface area contributed by atoms with Crippen LogP contribution < -0.4 is 5.32 Å². The first-order valence-electron chi connectivity index (χ1n) is 8.95. The molecule has 0 radical (unpaired) electrons. The summed E-state index contributed by atoms with van der Waals surface area (Å²) in [6.07, 6.45) is 3.20. The molecule has 0 fully saturated rings. The molecule has 4 aromatic rings. The van der Waals surface area contributed by atoms with Gasteiger partial charge >= 0.3 is 0 Å². The van der Waals surface area contributed by atoms with E-state index in [0.29, 0.717) is 15.7 Å². The molecule has 4 rings (SSSR count). The Bertz CT molecular complexity index is 1170. The van der Waals surface area contributed by atoms with Crippen LogP contribution in [0.4, 0.5) is 5.69 Å². The number of aromatic nitrogens is 4. The van der Waals surface area contributed by atoms with Crippen LogP contribution in [0.25, 0.3) is 16.7 Å². The maximum absolute atomic E-state index is 12.4. The van der Waals surface area contributed by atoms with Crippen LogP contribution in [-0.2, 0) is 4.79 Å². The molecule has 0 unspecified atom stereocenters. The molecule has 0 aliphatic rings. The zero-order valence-electron chi connectivity index (χ0n) is 15.9. The monoisotopic (exact) mass is 423 g/mol. The van der Waals surface area contributed by atoms with Crippen molar-refractivity contribution in [3.8, 4) is 5.69 Å². The number of nitrogens with zero attached hydrogens (tertiary/aromatic N) is 4. The van der Waals surface area contributed by atoms with Crippen LogP contribution in [0.2, 0.25) is 5.02 Å². The summed E-state index contributed by atoms with van der Waals surface area (Å²) in [7, 11) is 0. The maximum Gasteiger partial charge on any atom is 0.234 e. The summed E-state index contributed by atoms with van der Waals surface area (Å²) in [5.41, 5.74) is 4.56. The summed E-state index contributed by atoms with van der Waals surface area (Å²) in [6, 6.07) is 13.3. The third kappa shape index (κ3) is 4.41. The molecule has 2 heterocycles. The normalized spacial score (nSPS) is 11.0. The minimum absolute atomic E-state index is 0.0862. The molecule has 146 valence electrons. The Morgan fingerprint density at radius 3 is 2.55 bits per heavy atom. The van der Waals surface area contributed by atoms with Crippen LogP contribution in [0.1, 0.15) is 11.1 Å². The van der Waals surface area contributed by atoms with E-state index in [9.17, 15) is 4.79 Å². The topological polar surface area (TPSA) is 72.7 Å². The van der Waals surface area contributed by atoms with Gasteiger partial charge in [0.2, 0.25) is 5.91 Å². The number of hydrogen-bond acceptors (Lipinski definition) is 5.